The summed E-state index contributed by atoms with van der Waals surface area (Å²) in [7, 11) is 1.91. The third-order valence-corrected chi connectivity index (χ3v) is 1.90. The Morgan fingerprint density at radius 2 is 2.33 bits per heavy atom. The van der Waals surface area contributed by atoms with Crippen LogP contribution in [0.15, 0.2) is 12.1 Å². The third kappa shape index (κ3) is 1.78. The molecule has 0 fully saturated rings. The van der Waals surface area contributed by atoms with Crippen molar-refractivity contribution in [3.8, 4) is 0 Å². The molecule has 0 saturated heterocycles. The Bertz CT molecular complexity index is 291. The molecule has 0 saturated carbocycles. The van der Waals surface area contributed by atoms with Gasteiger partial charge in [-0.25, -0.2) is 4.79 Å². The van der Waals surface area contributed by atoms with Crippen molar-refractivity contribution in [3.63, 3.8) is 0 Å². The lowest BCUT2D eigenvalue weighted by Crippen LogP contribution is -2.21. The molecule has 12 heavy (non-hydrogen) atoms. The Kier molecular flexibility index (Phi) is 2.38. The van der Waals surface area contributed by atoms with E-state index in [1.807, 2.05) is 30.7 Å². The van der Waals surface area contributed by atoms with Gasteiger partial charge in [-0.3, -0.25) is 0 Å². The quantitative estimate of drug-likeness (QED) is 0.694. The van der Waals surface area contributed by atoms with E-state index < -0.39 is 6.09 Å². The lowest BCUT2D eigenvalue weighted by Gasteiger charge is -2.04. The van der Waals surface area contributed by atoms with Gasteiger partial charge in [0.05, 0.1) is 6.54 Å². The maximum absolute atomic E-state index is 10.2. The van der Waals surface area contributed by atoms with Gasteiger partial charge in [0.15, 0.2) is 0 Å². The molecule has 0 atom stereocenters. The van der Waals surface area contributed by atoms with E-state index in [1.165, 1.54) is 0 Å². The predicted molar refractivity (Wildman–Crippen MR) is 45.0 cm³/mol. The Morgan fingerprint density at radius 3 is 2.75 bits per heavy atom. The molecule has 4 nitrogen and oxygen atoms in total. The van der Waals surface area contributed by atoms with Crippen LogP contribution in [0.25, 0.3) is 0 Å². The molecule has 66 valence electrons. The number of nitrogens with one attached hydrogen (secondary N) is 1. The van der Waals surface area contributed by atoms with Crippen molar-refractivity contribution in [1.29, 1.82) is 0 Å². The second-order valence-corrected chi connectivity index (χ2v) is 2.68. The minimum absolute atomic E-state index is 0.361. The molecule has 0 aliphatic carbocycles. The average Bonchev–Trinajstić information content (AvgIpc) is 2.30. The second kappa shape index (κ2) is 3.30. The van der Waals surface area contributed by atoms with Crippen LogP contribution in [0, 0.1) is 6.92 Å². The fourth-order valence-corrected chi connectivity index (χ4v) is 1.01. The van der Waals surface area contributed by atoms with Crippen molar-refractivity contribution >= 4 is 6.09 Å². The first-order chi connectivity index (χ1) is 5.61. The summed E-state index contributed by atoms with van der Waals surface area (Å²) in [5.74, 6) is 0. The fraction of sp³-hybridized carbons (Fsp3) is 0.375. The van der Waals surface area contributed by atoms with Gasteiger partial charge in [-0.15, -0.1) is 0 Å². The number of hydrogen-bond acceptors (Lipinski definition) is 1. The highest BCUT2D eigenvalue weighted by Crippen LogP contribution is 2.04. The average molecular weight is 168 g/mol. The molecule has 0 bridgehead atoms. The fourth-order valence-electron chi connectivity index (χ4n) is 1.01. The lowest BCUT2D eigenvalue weighted by molar-refractivity contribution is 0.193. The van der Waals surface area contributed by atoms with Crippen LogP contribution < -0.4 is 5.32 Å². The number of aryl methyl sites for hydroxylation is 1. The van der Waals surface area contributed by atoms with Gasteiger partial charge in [-0.1, -0.05) is 0 Å². The summed E-state index contributed by atoms with van der Waals surface area (Å²) in [6.45, 7) is 2.34. The number of rotatable bonds is 2. The van der Waals surface area contributed by atoms with Gasteiger partial charge in [0.25, 0.3) is 0 Å². The van der Waals surface area contributed by atoms with Gasteiger partial charge in [0.1, 0.15) is 0 Å². The van der Waals surface area contributed by atoms with Gasteiger partial charge in [0, 0.05) is 18.4 Å². The topological polar surface area (TPSA) is 54.3 Å². The minimum atomic E-state index is -0.992. The molecule has 1 heterocycles. The van der Waals surface area contributed by atoms with Crippen molar-refractivity contribution in [2.24, 2.45) is 7.05 Å². The van der Waals surface area contributed by atoms with Crippen molar-refractivity contribution in [2.75, 3.05) is 0 Å². The molecule has 0 spiro atoms. The summed E-state index contributed by atoms with van der Waals surface area (Å²) in [6, 6.07) is 3.87. The van der Waals surface area contributed by atoms with E-state index in [-0.39, 0.29) is 0 Å². The number of carboxylic acid groups (broad SMARTS) is 1. The van der Waals surface area contributed by atoms with E-state index in [9.17, 15) is 4.79 Å². The molecule has 0 aliphatic rings. The van der Waals surface area contributed by atoms with Crippen molar-refractivity contribution in [3.05, 3.63) is 23.5 Å². The second-order valence-electron chi connectivity index (χ2n) is 2.68. The molecule has 4 heteroatoms. The van der Waals surface area contributed by atoms with Crippen molar-refractivity contribution in [2.45, 2.75) is 13.5 Å². The summed E-state index contributed by atoms with van der Waals surface area (Å²) in [5.41, 5.74) is 2.09. The van der Waals surface area contributed by atoms with E-state index >= 15 is 0 Å². The molecule has 1 amide bonds. The van der Waals surface area contributed by atoms with Crippen LogP contribution in [-0.2, 0) is 13.6 Å². The van der Waals surface area contributed by atoms with Gasteiger partial charge >= 0.3 is 6.09 Å². The zero-order chi connectivity index (χ0) is 9.14. The van der Waals surface area contributed by atoms with E-state index in [2.05, 4.69) is 5.32 Å². The van der Waals surface area contributed by atoms with E-state index in [0.717, 1.165) is 11.4 Å². The zero-order valence-electron chi connectivity index (χ0n) is 7.16. The maximum atomic E-state index is 10.2. The van der Waals surface area contributed by atoms with Crippen LogP contribution in [0.1, 0.15) is 11.4 Å². The Balaban J connectivity index is 2.63. The highest BCUT2D eigenvalue weighted by molar-refractivity contribution is 5.64. The van der Waals surface area contributed by atoms with Gasteiger partial charge < -0.3 is 15.0 Å². The monoisotopic (exact) mass is 168 g/mol. The van der Waals surface area contributed by atoms with E-state index in [1.54, 1.807) is 0 Å². The standard InChI is InChI=1S/C8H12N2O2/c1-6-3-4-7(10(6)2)5-9-8(11)12/h3-4,9H,5H2,1-2H3,(H,11,12). The molecule has 0 radical (unpaired) electrons. The molecule has 0 aliphatic heterocycles. The third-order valence-electron chi connectivity index (χ3n) is 1.90. The molecular weight excluding hydrogens is 156 g/mol. The number of carbonyl (C=O) groups is 1. The molecule has 0 aromatic carbocycles. The molecule has 0 unspecified atom stereocenters. The first-order valence-corrected chi connectivity index (χ1v) is 3.69. The normalized spacial score (nSPS) is 9.83. The zero-order valence-corrected chi connectivity index (χ0v) is 7.16. The van der Waals surface area contributed by atoms with E-state index in [4.69, 9.17) is 5.11 Å². The first-order valence-electron chi connectivity index (χ1n) is 3.69. The first kappa shape index (κ1) is 8.64. The number of nitrogens with zero attached hydrogens (tertiary/aromatic N) is 1. The van der Waals surface area contributed by atoms with E-state index in [0.29, 0.717) is 6.54 Å². The van der Waals surface area contributed by atoms with Crippen LogP contribution in [0.3, 0.4) is 0 Å². The van der Waals surface area contributed by atoms with Gasteiger partial charge in [-0.2, -0.15) is 0 Å². The van der Waals surface area contributed by atoms with Crippen LogP contribution in [-0.4, -0.2) is 15.8 Å². The largest absolute Gasteiger partial charge is 0.465 e. The van der Waals surface area contributed by atoms with Crippen LogP contribution in [0.2, 0.25) is 0 Å². The predicted octanol–water partition coefficient (Wildman–Crippen LogP) is 1.10. The molecule has 1 aromatic heterocycles. The molecule has 1 aromatic rings. The Hall–Kier alpha value is -1.45. The smallest absolute Gasteiger partial charge is 0.404 e. The van der Waals surface area contributed by atoms with Gasteiger partial charge in [0.2, 0.25) is 0 Å². The molecule has 2 N–H and O–H groups in total. The SMILES string of the molecule is Cc1ccc(CNC(=O)O)n1C. The highest BCUT2D eigenvalue weighted by atomic mass is 16.4. The van der Waals surface area contributed by atoms with Crippen LogP contribution in [0.5, 0.6) is 0 Å². The highest BCUT2D eigenvalue weighted by Gasteiger charge is 2.01. The minimum Gasteiger partial charge on any atom is -0.465 e. The maximum Gasteiger partial charge on any atom is 0.404 e. The number of aromatic nitrogens is 1. The molecule has 1 rings (SSSR count). The Labute approximate surface area is 70.8 Å². The summed E-state index contributed by atoms with van der Waals surface area (Å²) in [4.78, 5) is 10.2. The Morgan fingerprint density at radius 1 is 1.67 bits per heavy atom. The van der Waals surface area contributed by atoms with Crippen molar-refractivity contribution < 1.29 is 9.90 Å². The molecular formula is C8H12N2O2. The van der Waals surface area contributed by atoms with Crippen molar-refractivity contribution in [1.82, 2.24) is 9.88 Å². The number of amides is 1. The van der Waals surface area contributed by atoms with Crippen LogP contribution >= 0.6 is 0 Å². The lowest BCUT2D eigenvalue weighted by atomic mass is 10.4. The van der Waals surface area contributed by atoms with Crippen LogP contribution in [0.4, 0.5) is 4.79 Å². The summed E-state index contributed by atoms with van der Waals surface area (Å²) in [5, 5.41) is 10.7. The summed E-state index contributed by atoms with van der Waals surface area (Å²) >= 11 is 0. The number of hydrogen-bond donors (Lipinski definition) is 2. The summed E-state index contributed by atoms with van der Waals surface area (Å²) in [6.07, 6.45) is -0.992. The summed E-state index contributed by atoms with van der Waals surface area (Å²) < 4.78 is 1.95. The van der Waals surface area contributed by atoms with Gasteiger partial charge in [-0.05, 0) is 19.1 Å².